The van der Waals surface area contributed by atoms with Gasteiger partial charge in [0.1, 0.15) is 22.6 Å². The number of anilines is 3. The molecular weight excluding hydrogens is 484 g/mol. The first-order chi connectivity index (χ1) is 18.6. The fourth-order valence-corrected chi connectivity index (χ4v) is 5.68. The number of benzene rings is 1. The number of fused-ring (bicyclic) bond motifs is 1. The van der Waals surface area contributed by atoms with E-state index in [4.69, 9.17) is 34.6 Å². The van der Waals surface area contributed by atoms with E-state index in [2.05, 4.69) is 40.3 Å². The molecule has 3 aromatic rings. The highest BCUT2D eigenvalue weighted by atomic mass is 16.7. The van der Waals surface area contributed by atoms with E-state index >= 15 is 0 Å². The maximum Gasteiger partial charge on any atom is 0.171 e. The number of ether oxygens (including phenoxy) is 4. The smallest absolute Gasteiger partial charge is 0.171 e. The summed E-state index contributed by atoms with van der Waals surface area (Å²) in [5.74, 6) is 1.58. The molecule has 2 aromatic heterocycles. The van der Waals surface area contributed by atoms with Crippen LogP contribution < -0.4 is 20.7 Å². The topological polar surface area (TPSA) is 117 Å². The van der Waals surface area contributed by atoms with Crippen molar-refractivity contribution in [3.63, 3.8) is 0 Å². The van der Waals surface area contributed by atoms with Crippen LogP contribution in [-0.4, -0.2) is 73.4 Å². The molecule has 10 nitrogen and oxygen atoms in total. The summed E-state index contributed by atoms with van der Waals surface area (Å²) in [5, 5.41) is 3.62. The largest absolute Gasteiger partial charge is 0.495 e. The second-order valence-corrected chi connectivity index (χ2v) is 10.1. The molecule has 3 fully saturated rings. The lowest BCUT2D eigenvalue weighted by molar-refractivity contribution is -0.169. The van der Waals surface area contributed by atoms with Gasteiger partial charge in [0, 0.05) is 56.9 Å². The molecule has 0 bridgehead atoms. The lowest BCUT2D eigenvalue weighted by atomic mass is 10.0. The molecule has 38 heavy (non-hydrogen) atoms. The summed E-state index contributed by atoms with van der Waals surface area (Å²) in [6.07, 6.45) is 6.09. The van der Waals surface area contributed by atoms with Crippen molar-refractivity contribution in [1.82, 2.24) is 15.0 Å². The van der Waals surface area contributed by atoms with Gasteiger partial charge in [-0.25, -0.2) is 15.0 Å². The van der Waals surface area contributed by atoms with Gasteiger partial charge in [0.2, 0.25) is 0 Å². The van der Waals surface area contributed by atoms with Gasteiger partial charge in [-0.1, -0.05) is 13.0 Å². The van der Waals surface area contributed by atoms with E-state index in [1.54, 1.807) is 13.3 Å². The highest BCUT2D eigenvalue weighted by molar-refractivity contribution is 5.97. The minimum absolute atomic E-state index is 0.312. The molecule has 0 aliphatic carbocycles. The molecule has 5 heterocycles. The Labute approximate surface area is 222 Å². The Morgan fingerprint density at radius 1 is 1.08 bits per heavy atom. The molecule has 0 saturated carbocycles. The zero-order valence-corrected chi connectivity index (χ0v) is 22.2. The van der Waals surface area contributed by atoms with Gasteiger partial charge in [-0.3, -0.25) is 0 Å². The number of nitrogens with one attached hydrogen (secondary N) is 1. The third kappa shape index (κ3) is 4.72. The molecule has 3 aliphatic heterocycles. The summed E-state index contributed by atoms with van der Waals surface area (Å²) >= 11 is 0. The van der Waals surface area contributed by atoms with Crippen LogP contribution in [0.15, 0.2) is 24.4 Å². The van der Waals surface area contributed by atoms with Gasteiger partial charge in [-0.05, 0) is 37.0 Å². The molecular formula is C28H36N6O4. The summed E-state index contributed by atoms with van der Waals surface area (Å²) in [5.41, 5.74) is 11.4. The molecule has 0 amide bonds. The van der Waals surface area contributed by atoms with Crippen molar-refractivity contribution in [3.05, 3.63) is 30.1 Å². The van der Waals surface area contributed by atoms with Crippen molar-refractivity contribution in [3.8, 4) is 16.9 Å². The summed E-state index contributed by atoms with van der Waals surface area (Å²) in [6, 6.07) is 6.57. The van der Waals surface area contributed by atoms with E-state index in [-0.39, 0.29) is 0 Å². The number of nitrogen functional groups attached to an aromatic ring is 1. The fraction of sp³-hybridized carbons (Fsp3) is 0.536. The first kappa shape index (κ1) is 25.1. The Hall–Kier alpha value is -3.21. The van der Waals surface area contributed by atoms with Crippen LogP contribution in [0.5, 0.6) is 5.75 Å². The first-order valence-electron chi connectivity index (χ1n) is 13.6. The SMILES string of the molecule is CCc1nc2c(N)ncc(-c3ccc(N4CCC5(CC4)OCCO5)c(OC)c3)c2nc1NC1CCOCC1. The van der Waals surface area contributed by atoms with E-state index < -0.39 is 5.79 Å². The highest BCUT2D eigenvalue weighted by Crippen LogP contribution is 2.39. The van der Waals surface area contributed by atoms with Crippen molar-refractivity contribution in [1.29, 1.82) is 0 Å². The lowest BCUT2D eigenvalue weighted by Gasteiger charge is -2.39. The van der Waals surface area contributed by atoms with Gasteiger partial charge in [-0.2, -0.15) is 0 Å². The second-order valence-electron chi connectivity index (χ2n) is 10.1. The predicted octanol–water partition coefficient (Wildman–Crippen LogP) is 3.78. The Bertz CT molecular complexity index is 1300. The Kier molecular flexibility index (Phi) is 6.94. The second kappa shape index (κ2) is 10.5. The molecule has 10 heteroatoms. The number of hydrogen-bond donors (Lipinski definition) is 2. The Morgan fingerprint density at radius 2 is 1.84 bits per heavy atom. The van der Waals surface area contributed by atoms with Crippen molar-refractivity contribution < 1.29 is 18.9 Å². The van der Waals surface area contributed by atoms with Crippen molar-refractivity contribution in [2.24, 2.45) is 0 Å². The van der Waals surface area contributed by atoms with Gasteiger partial charge < -0.3 is 34.9 Å². The van der Waals surface area contributed by atoms with E-state index in [1.165, 1.54) is 0 Å². The molecule has 202 valence electrons. The monoisotopic (exact) mass is 520 g/mol. The molecule has 0 atom stereocenters. The van der Waals surface area contributed by atoms with Crippen LogP contribution in [0.4, 0.5) is 17.3 Å². The van der Waals surface area contributed by atoms with Gasteiger partial charge in [0.15, 0.2) is 11.6 Å². The third-order valence-electron chi connectivity index (χ3n) is 7.87. The number of rotatable bonds is 6. The van der Waals surface area contributed by atoms with E-state index in [0.717, 1.165) is 98.0 Å². The van der Waals surface area contributed by atoms with Crippen LogP contribution in [0.3, 0.4) is 0 Å². The van der Waals surface area contributed by atoms with Gasteiger partial charge >= 0.3 is 0 Å². The number of nitrogens with zero attached hydrogens (tertiary/aromatic N) is 4. The third-order valence-corrected chi connectivity index (χ3v) is 7.87. The van der Waals surface area contributed by atoms with Crippen LogP contribution in [0.1, 0.15) is 38.3 Å². The molecule has 1 spiro atoms. The summed E-state index contributed by atoms with van der Waals surface area (Å²) in [4.78, 5) is 16.8. The minimum atomic E-state index is -0.412. The molecule has 0 unspecified atom stereocenters. The molecule has 1 aromatic carbocycles. The van der Waals surface area contributed by atoms with Crippen LogP contribution in [0.25, 0.3) is 22.2 Å². The van der Waals surface area contributed by atoms with E-state index in [9.17, 15) is 0 Å². The quantitative estimate of drug-likeness (QED) is 0.497. The Balaban J connectivity index is 1.34. The normalized spacial score (nSPS) is 19.8. The van der Waals surface area contributed by atoms with Gasteiger partial charge in [-0.15, -0.1) is 0 Å². The number of nitrogens with two attached hydrogens (primary N) is 1. The molecule has 0 radical (unpaired) electrons. The van der Waals surface area contributed by atoms with Gasteiger partial charge in [0.05, 0.1) is 31.7 Å². The average Bonchev–Trinajstić information content (AvgIpc) is 3.41. The summed E-state index contributed by atoms with van der Waals surface area (Å²) in [6.45, 7) is 6.63. The molecule has 3 aliphatic rings. The van der Waals surface area contributed by atoms with Gasteiger partial charge in [0.25, 0.3) is 0 Å². The minimum Gasteiger partial charge on any atom is -0.495 e. The van der Waals surface area contributed by atoms with Crippen molar-refractivity contribution in [2.75, 3.05) is 62.6 Å². The molecule has 6 rings (SSSR count). The lowest BCUT2D eigenvalue weighted by Crippen LogP contribution is -2.45. The Morgan fingerprint density at radius 3 is 2.55 bits per heavy atom. The maximum absolute atomic E-state index is 6.29. The number of aryl methyl sites for hydroxylation is 1. The van der Waals surface area contributed by atoms with Crippen LogP contribution >= 0.6 is 0 Å². The van der Waals surface area contributed by atoms with Crippen molar-refractivity contribution in [2.45, 2.75) is 50.9 Å². The number of aromatic nitrogens is 3. The average molecular weight is 521 g/mol. The zero-order valence-electron chi connectivity index (χ0n) is 22.2. The van der Waals surface area contributed by atoms with Crippen LogP contribution in [0.2, 0.25) is 0 Å². The first-order valence-corrected chi connectivity index (χ1v) is 13.6. The molecule has 3 saturated heterocycles. The number of methoxy groups -OCH3 is 1. The zero-order chi connectivity index (χ0) is 26.1. The van der Waals surface area contributed by atoms with Crippen LogP contribution in [0, 0.1) is 0 Å². The standard InChI is InChI=1S/C28H36N6O4/c1-3-21-27(31-19-6-12-36-13-7-19)33-24-20(17-30-26(29)25(24)32-21)18-4-5-22(23(16-18)35-2)34-10-8-28(9-11-34)37-14-15-38-28/h4-5,16-17,19H,3,6-15H2,1-2H3,(H2,29,30)(H,31,33). The predicted molar refractivity (Wildman–Crippen MR) is 147 cm³/mol. The van der Waals surface area contributed by atoms with E-state index in [0.29, 0.717) is 30.6 Å². The van der Waals surface area contributed by atoms with Crippen molar-refractivity contribution >= 4 is 28.4 Å². The van der Waals surface area contributed by atoms with E-state index in [1.807, 2.05) is 0 Å². The fourth-order valence-electron chi connectivity index (χ4n) is 5.68. The molecule has 3 N–H and O–H groups in total. The summed E-state index contributed by atoms with van der Waals surface area (Å²) in [7, 11) is 1.71. The summed E-state index contributed by atoms with van der Waals surface area (Å²) < 4.78 is 23.2. The number of piperidine rings is 1. The maximum atomic E-state index is 6.29. The number of hydrogen-bond acceptors (Lipinski definition) is 10. The van der Waals surface area contributed by atoms with Crippen LogP contribution in [-0.2, 0) is 20.6 Å². The highest BCUT2D eigenvalue weighted by Gasteiger charge is 2.40. The number of pyridine rings is 1.